The Labute approximate surface area is 214 Å². The molecule has 0 fully saturated rings. The van der Waals surface area contributed by atoms with E-state index in [-0.39, 0.29) is 23.6 Å². The molecular weight excluding hydrogens is 485 g/mol. The van der Waals surface area contributed by atoms with Crippen molar-refractivity contribution >= 4 is 23.5 Å². The number of aliphatic hydroxyl groups excluding tert-OH is 1. The Morgan fingerprint density at radius 2 is 2.06 bits per heavy atom. The molecule has 0 saturated carbocycles. The highest BCUT2D eigenvalue weighted by Gasteiger charge is 2.22. The average Bonchev–Trinajstić information content (AvgIpc) is 2.91. The van der Waals surface area contributed by atoms with Gasteiger partial charge in [0.2, 0.25) is 0 Å². The zero-order chi connectivity index (χ0) is 25.7. The molecular formula is C28H27ClFNO5. The number of ketones is 1. The topological polar surface area (TPSA) is 77.9 Å². The fourth-order valence-corrected chi connectivity index (χ4v) is 4.08. The molecule has 2 heterocycles. The zero-order valence-electron chi connectivity index (χ0n) is 20.1. The summed E-state index contributed by atoms with van der Waals surface area (Å²) in [6.07, 6.45) is 3.85. The number of pyridine rings is 1. The van der Waals surface area contributed by atoms with Gasteiger partial charge in [-0.2, -0.15) is 0 Å². The molecule has 188 valence electrons. The number of aliphatic hydroxyl groups is 1. The van der Waals surface area contributed by atoms with Crippen molar-refractivity contribution in [1.29, 1.82) is 0 Å². The first-order chi connectivity index (χ1) is 17.4. The first-order valence-corrected chi connectivity index (χ1v) is 12.1. The van der Waals surface area contributed by atoms with Crippen LogP contribution in [-0.2, 0) is 0 Å². The minimum Gasteiger partial charge on any atom is -0.493 e. The van der Waals surface area contributed by atoms with Crippen LogP contribution < -0.4 is 14.2 Å². The molecule has 0 bridgehead atoms. The van der Waals surface area contributed by atoms with Gasteiger partial charge in [-0.1, -0.05) is 24.6 Å². The lowest BCUT2D eigenvalue weighted by atomic mass is 9.99. The van der Waals surface area contributed by atoms with E-state index in [1.807, 2.05) is 19.1 Å². The Balaban J connectivity index is 1.54. The quantitative estimate of drug-likeness (QED) is 0.315. The molecule has 1 N–H and O–H groups in total. The highest BCUT2D eigenvalue weighted by Crippen LogP contribution is 2.38. The summed E-state index contributed by atoms with van der Waals surface area (Å²) < 4.78 is 30.5. The van der Waals surface area contributed by atoms with Crippen LogP contribution in [0.2, 0.25) is 5.02 Å². The smallest absolute Gasteiger partial charge is 0.163 e. The van der Waals surface area contributed by atoms with Gasteiger partial charge in [-0.15, -0.1) is 0 Å². The van der Waals surface area contributed by atoms with Crippen molar-refractivity contribution in [2.75, 3.05) is 20.3 Å². The predicted octanol–water partition coefficient (Wildman–Crippen LogP) is 6.44. The third-order valence-electron chi connectivity index (χ3n) is 5.77. The molecule has 1 aliphatic rings. The molecule has 1 aromatic heterocycles. The molecule has 3 aromatic rings. The number of fused-ring (bicyclic) bond motifs is 1. The van der Waals surface area contributed by atoms with Crippen molar-refractivity contribution in [3.05, 3.63) is 76.2 Å². The van der Waals surface area contributed by atoms with E-state index in [1.165, 1.54) is 19.2 Å². The number of ether oxygens (including phenoxy) is 3. The molecule has 0 spiro atoms. The molecule has 1 aliphatic heterocycles. The van der Waals surface area contributed by atoms with E-state index in [4.69, 9.17) is 25.8 Å². The van der Waals surface area contributed by atoms with E-state index in [2.05, 4.69) is 4.98 Å². The largest absolute Gasteiger partial charge is 0.493 e. The van der Waals surface area contributed by atoms with Crippen LogP contribution in [0.25, 0.3) is 17.3 Å². The number of hydrogen-bond donors (Lipinski definition) is 1. The minimum absolute atomic E-state index is 0.0347. The summed E-state index contributed by atoms with van der Waals surface area (Å²) in [4.78, 5) is 17.5. The molecule has 1 atom stereocenters. The van der Waals surface area contributed by atoms with E-state index >= 15 is 0 Å². The van der Waals surface area contributed by atoms with Crippen molar-refractivity contribution in [2.24, 2.45) is 0 Å². The maximum absolute atomic E-state index is 13.7. The second kappa shape index (κ2) is 11.5. The number of carbonyl (C=O) groups is 1. The molecule has 0 aliphatic carbocycles. The Morgan fingerprint density at radius 3 is 2.81 bits per heavy atom. The van der Waals surface area contributed by atoms with E-state index in [9.17, 15) is 14.3 Å². The van der Waals surface area contributed by atoms with E-state index in [0.717, 1.165) is 12.0 Å². The van der Waals surface area contributed by atoms with Crippen molar-refractivity contribution in [3.63, 3.8) is 0 Å². The van der Waals surface area contributed by atoms with Gasteiger partial charge in [-0.05, 0) is 61.4 Å². The number of aromatic nitrogens is 1. The van der Waals surface area contributed by atoms with Crippen molar-refractivity contribution in [2.45, 2.75) is 32.3 Å². The van der Waals surface area contributed by atoms with Gasteiger partial charge in [0.15, 0.2) is 23.0 Å². The van der Waals surface area contributed by atoms with Gasteiger partial charge in [0.25, 0.3) is 0 Å². The van der Waals surface area contributed by atoms with Gasteiger partial charge in [0.05, 0.1) is 30.5 Å². The van der Waals surface area contributed by atoms with Gasteiger partial charge in [-0.3, -0.25) is 4.79 Å². The Kier molecular flexibility index (Phi) is 8.23. The summed E-state index contributed by atoms with van der Waals surface area (Å²) in [7, 11) is 1.53. The van der Waals surface area contributed by atoms with Crippen molar-refractivity contribution < 1.29 is 28.5 Å². The summed E-state index contributed by atoms with van der Waals surface area (Å²) in [6, 6.07) is 11.1. The predicted molar refractivity (Wildman–Crippen MR) is 136 cm³/mol. The molecule has 0 saturated heterocycles. The normalized spacial score (nSPS) is 13.0. The van der Waals surface area contributed by atoms with Gasteiger partial charge in [0, 0.05) is 23.1 Å². The SMILES string of the molecule is CCCOc1ccc(C(=O)CCC(O)c2cc3c(c(-c4ccc(F)c(Cl)c4)n2)OCC=C3)cc1OC. The third kappa shape index (κ3) is 5.69. The molecule has 2 aromatic carbocycles. The van der Waals surface area contributed by atoms with Crippen LogP contribution in [0, 0.1) is 5.82 Å². The van der Waals surface area contributed by atoms with E-state index in [0.29, 0.717) is 53.0 Å². The second-order valence-corrected chi connectivity index (χ2v) is 8.76. The molecule has 6 nitrogen and oxygen atoms in total. The number of carbonyl (C=O) groups excluding carboxylic acids is 1. The lowest BCUT2D eigenvalue weighted by Gasteiger charge is -2.20. The second-order valence-electron chi connectivity index (χ2n) is 8.35. The van der Waals surface area contributed by atoms with Gasteiger partial charge in [-0.25, -0.2) is 9.37 Å². The van der Waals surface area contributed by atoms with Crippen molar-refractivity contribution in [1.82, 2.24) is 4.98 Å². The molecule has 4 rings (SSSR count). The van der Waals surface area contributed by atoms with E-state index < -0.39 is 11.9 Å². The number of halogens is 2. The first kappa shape index (κ1) is 25.7. The van der Waals surface area contributed by atoms with Crippen LogP contribution in [0.4, 0.5) is 4.39 Å². The monoisotopic (exact) mass is 511 g/mol. The summed E-state index contributed by atoms with van der Waals surface area (Å²) in [6.45, 7) is 2.93. The fraction of sp³-hybridized carbons (Fsp3) is 0.286. The zero-order valence-corrected chi connectivity index (χ0v) is 20.8. The summed E-state index contributed by atoms with van der Waals surface area (Å²) in [5.74, 6) is 0.927. The van der Waals surface area contributed by atoms with Crippen LogP contribution in [0.3, 0.4) is 0 Å². The maximum atomic E-state index is 13.7. The maximum Gasteiger partial charge on any atom is 0.163 e. The average molecular weight is 512 g/mol. The fourth-order valence-electron chi connectivity index (χ4n) is 3.90. The van der Waals surface area contributed by atoms with Gasteiger partial charge in [0.1, 0.15) is 18.1 Å². The minimum atomic E-state index is -1.00. The lowest BCUT2D eigenvalue weighted by Crippen LogP contribution is -2.10. The third-order valence-corrected chi connectivity index (χ3v) is 6.06. The summed E-state index contributed by atoms with van der Waals surface area (Å²) in [5.41, 5.74) is 2.61. The Morgan fingerprint density at radius 1 is 1.22 bits per heavy atom. The highest BCUT2D eigenvalue weighted by atomic mass is 35.5. The summed E-state index contributed by atoms with van der Waals surface area (Å²) >= 11 is 5.99. The van der Waals surface area contributed by atoms with E-state index in [1.54, 1.807) is 30.3 Å². The molecule has 36 heavy (non-hydrogen) atoms. The first-order valence-electron chi connectivity index (χ1n) is 11.7. The van der Waals surface area contributed by atoms with Crippen LogP contribution in [0.15, 0.2) is 48.5 Å². The number of methoxy groups -OCH3 is 1. The van der Waals surface area contributed by atoms with Gasteiger partial charge < -0.3 is 19.3 Å². The summed E-state index contributed by atoms with van der Waals surface area (Å²) in [5, 5.41) is 10.9. The standard InChI is InChI=1S/C28H27ClFNO5/c1-3-12-35-25-11-7-17(16-26(25)34-2)23(32)9-10-24(33)22-15-19-5-4-13-36-28(19)27(31-22)18-6-8-21(30)20(29)14-18/h4-8,11,14-16,24,33H,3,9-10,12-13H2,1-2H3. The molecule has 1 unspecified atom stereocenters. The van der Waals surface area contributed by atoms with Gasteiger partial charge >= 0.3 is 0 Å². The number of rotatable bonds is 10. The van der Waals surface area contributed by atoms with Crippen LogP contribution >= 0.6 is 11.6 Å². The number of nitrogens with zero attached hydrogens (tertiary/aromatic N) is 1. The highest BCUT2D eigenvalue weighted by molar-refractivity contribution is 6.31. The van der Waals surface area contributed by atoms with Crippen LogP contribution in [-0.4, -0.2) is 36.2 Å². The number of Topliss-reactive ketones (excluding diaryl/α,β-unsaturated/α-hetero) is 1. The number of benzene rings is 2. The lowest BCUT2D eigenvalue weighted by molar-refractivity contribution is 0.0937. The molecule has 8 heteroatoms. The Hall–Kier alpha value is -3.42. The van der Waals surface area contributed by atoms with Crippen LogP contribution in [0.5, 0.6) is 17.2 Å². The molecule has 0 radical (unpaired) electrons. The number of hydrogen-bond acceptors (Lipinski definition) is 6. The van der Waals surface area contributed by atoms with Crippen LogP contribution in [0.1, 0.15) is 53.9 Å². The van der Waals surface area contributed by atoms with Crippen molar-refractivity contribution in [3.8, 4) is 28.5 Å². The molecule has 0 amide bonds. The Bertz CT molecular complexity index is 1290.